The van der Waals surface area contributed by atoms with Gasteiger partial charge in [-0.3, -0.25) is 9.58 Å². The molecule has 0 bridgehead atoms. The van der Waals surface area contributed by atoms with E-state index >= 15 is 0 Å². The van der Waals surface area contributed by atoms with Gasteiger partial charge in [0.05, 0.1) is 32.1 Å². The van der Waals surface area contributed by atoms with E-state index in [-0.39, 0.29) is 6.10 Å². The minimum absolute atomic E-state index is 0.215. The molecule has 0 radical (unpaired) electrons. The lowest BCUT2D eigenvalue weighted by atomic mass is 10.1. The van der Waals surface area contributed by atoms with Crippen LogP contribution in [-0.4, -0.2) is 54.1 Å². The number of aryl methyl sites for hydroxylation is 2. The first-order chi connectivity index (χ1) is 11.6. The summed E-state index contributed by atoms with van der Waals surface area (Å²) in [6.45, 7) is 8.80. The van der Waals surface area contributed by atoms with Gasteiger partial charge in [-0.25, -0.2) is 0 Å². The third-order valence-corrected chi connectivity index (χ3v) is 4.58. The van der Waals surface area contributed by atoms with E-state index in [4.69, 9.17) is 9.47 Å². The van der Waals surface area contributed by atoms with Gasteiger partial charge in [-0.2, -0.15) is 5.10 Å². The highest BCUT2D eigenvalue weighted by Gasteiger charge is 2.21. The zero-order valence-electron chi connectivity index (χ0n) is 14.9. The summed E-state index contributed by atoms with van der Waals surface area (Å²) >= 11 is 0. The van der Waals surface area contributed by atoms with Crippen molar-refractivity contribution in [2.45, 2.75) is 32.9 Å². The van der Waals surface area contributed by atoms with Gasteiger partial charge < -0.3 is 9.47 Å². The molecule has 0 saturated carbocycles. The molecule has 1 aromatic carbocycles. The van der Waals surface area contributed by atoms with Crippen LogP contribution in [0.5, 0.6) is 5.75 Å². The van der Waals surface area contributed by atoms with Gasteiger partial charge in [-0.15, -0.1) is 0 Å². The second-order valence-corrected chi connectivity index (χ2v) is 6.50. The third-order valence-electron chi connectivity index (χ3n) is 4.58. The Morgan fingerprint density at radius 2 is 2.04 bits per heavy atom. The molecule has 5 nitrogen and oxygen atoms in total. The van der Waals surface area contributed by atoms with Gasteiger partial charge in [-0.1, -0.05) is 12.1 Å². The van der Waals surface area contributed by atoms with Crippen molar-refractivity contribution < 1.29 is 9.47 Å². The van der Waals surface area contributed by atoms with Crippen molar-refractivity contribution in [1.29, 1.82) is 0 Å². The van der Waals surface area contributed by atoms with Crippen LogP contribution in [0.15, 0.2) is 30.3 Å². The van der Waals surface area contributed by atoms with Crippen molar-refractivity contribution in [3.63, 3.8) is 0 Å². The lowest BCUT2D eigenvalue weighted by Crippen LogP contribution is -2.45. The average Bonchev–Trinajstić information content (AvgIpc) is 2.91. The van der Waals surface area contributed by atoms with Crippen molar-refractivity contribution in [2.24, 2.45) is 0 Å². The molecule has 1 aromatic heterocycles. The summed E-state index contributed by atoms with van der Waals surface area (Å²) in [4.78, 5) is 2.49. The molecule has 24 heavy (non-hydrogen) atoms. The Balaban J connectivity index is 1.50. The number of hydrogen-bond donors (Lipinski definition) is 0. The number of aromatic nitrogens is 2. The van der Waals surface area contributed by atoms with Crippen LogP contribution in [0.2, 0.25) is 0 Å². The summed E-state index contributed by atoms with van der Waals surface area (Å²) < 4.78 is 13.2. The summed E-state index contributed by atoms with van der Waals surface area (Å²) in [5.74, 6) is 0.912. The van der Waals surface area contributed by atoms with Gasteiger partial charge in [0.15, 0.2) is 0 Å². The lowest BCUT2D eigenvalue weighted by molar-refractivity contribution is -0.0373. The molecule has 1 aliphatic heterocycles. The van der Waals surface area contributed by atoms with Crippen molar-refractivity contribution in [3.8, 4) is 5.75 Å². The summed E-state index contributed by atoms with van der Waals surface area (Å²) in [5.41, 5.74) is 3.61. The molecule has 1 aliphatic rings. The number of benzene rings is 1. The van der Waals surface area contributed by atoms with Gasteiger partial charge in [0, 0.05) is 25.3 Å². The fourth-order valence-electron chi connectivity index (χ4n) is 3.23. The van der Waals surface area contributed by atoms with Gasteiger partial charge in [0.2, 0.25) is 0 Å². The molecule has 5 heteroatoms. The van der Waals surface area contributed by atoms with E-state index in [1.165, 1.54) is 11.3 Å². The molecule has 2 heterocycles. The van der Waals surface area contributed by atoms with E-state index in [0.717, 1.165) is 50.7 Å². The molecule has 0 spiro atoms. The quantitative estimate of drug-likeness (QED) is 0.816. The van der Waals surface area contributed by atoms with E-state index in [1.54, 1.807) is 7.11 Å². The predicted molar refractivity (Wildman–Crippen MR) is 94.6 cm³/mol. The Morgan fingerprint density at radius 1 is 1.25 bits per heavy atom. The van der Waals surface area contributed by atoms with E-state index in [2.05, 4.69) is 39.8 Å². The predicted octanol–water partition coefficient (Wildman–Crippen LogP) is 2.45. The number of methoxy groups -OCH3 is 1. The summed E-state index contributed by atoms with van der Waals surface area (Å²) in [6.07, 6.45) is 1.27. The Kier molecular flexibility index (Phi) is 5.53. The second-order valence-electron chi connectivity index (χ2n) is 6.50. The zero-order chi connectivity index (χ0) is 16.9. The first-order valence-corrected chi connectivity index (χ1v) is 8.62. The smallest absolute Gasteiger partial charge is 0.118 e. The zero-order valence-corrected chi connectivity index (χ0v) is 14.9. The van der Waals surface area contributed by atoms with Crippen LogP contribution in [0.1, 0.15) is 17.0 Å². The Morgan fingerprint density at radius 3 is 2.71 bits per heavy atom. The summed E-state index contributed by atoms with van der Waals surface area (Å²) in [6, 6.07) is 10.5. The van der Waals surface area contributed by atoms with Crippen LogP contribution in [0.4, 0.5) is 0 Å². The molecule has 0 amide bonds. The molecule has 0 N–H and O–H groups in total. The Bertz CT molecular complexity index is 651. The largest absolute Gasteiger partial charge is 0.497 e. The highest BCUT2D eigenvalue weighted by molar-refractivity contribution is 5.27. The maximum Gasteiger partial charge on any atom is 0.118 e. The molecule has 2 aromatic rings. The molecule has 0 aliphatic carbocycles. The molecule has 1 atom stereocenters. The van der Waals surface area contributed by atoms with Gasteiger partial charge in [0.1, 0.15) is 5.75 Å². The first-order valence-electron chi connectivity index (χ1n) is 8.62. The van der Waals surface area contributed by atoms with Crippen LogP contribution in [0.25, 0.3) is 0 Å². The van der Waals surface area contributed by atoms with Crippen LogP contribution in [-0.2, 0) is 17.7 Å². The second kappa shape index (κ2) is 7.81. The summed E-state index contributed by atoms with van der Waals surface area (Å²) in [5, 5.41) is 4.55. The van der Waals surface area contributed by atoms with E-state index in [9.17, 15) is 0 Å². The first kappa shape index (κ1) is 17.0. The van der Waals surface area contributed by atoms with Gasteiger partial charge >= 0.3 is 0 Å². The molecule has 1 fully saturated rings. The molecule has 1 saturated heterocycles. The molecule has 0 unspecified atom stereocenters. The van der Waals surface area contributed by atoms with Crippen molar-refractivity contribution in [1.82, 2.24) is 14.7 Å². The average molecular weight is 329 g/mol. The number of ether oxygens (including phenoxy) is 2. The molecular weight excluding hydrogens is 302 g/mol. The normalized spacial score (nSPS) is 18.7. The van der Waals surface area contributed by atoms with E-state index in [1.807, 2.05) is 19.1 Å². The van der Waals surface area contributed by atoms with Crippen LogP contribution in [0.3, 0.4) is 0 Å². The topological polar surface area (TPSA) is 39.5 Å². The Labute approximate surface area is 144 Å². The fourth-order valence-corrected chi connectivity index (χ4v) is 3.23. The standard InChI is InChI=1S/C19H27N3O2/c1-15-12-16(2)22(20-15)14-19-13-21(10-11-24-19)9-8-17-4-6-18(23-3)7-5-17/h4-7,12,19H,8-11,13-14H2,1-3H3/t19-/m0/s1. The Hall–Kier alpha value is -1.85. The van der Waals surface area contributed by atoms with Gasteiger partial charge in [0.25, 0.3) is 0 Å². The van der Waals surface area contributed by atoms with E-state index in [0.29, 0.717) is 0 Å². The van der Waals surface area contributed by atoms with Crippen molar-refractivity contribution in [3.05, 3.63) is 47.3 Å². The fraction of sp³-hybridized carbons (Fsp3) is 0.526. The van der Waals surface area contributed by atoms with Crippen molar-refractivity contribution >= 4 is 0 Å². The third kappa shape index (κ3) is 4.36. The molecular formula is C19H27N3O2. The minimum atomic E-state index is 0.215. The number of morpholine rings is 1. The number of hydrogen-bond acceptors (Lipinski definition) is 4. The lowest BCUT2D eigenvalue weighted by Gasteiger charge is -2.33. The van der Waals surface area contributed by atoms with Crippen molar-refractivity contribution in [2.75, 3.05) is 33.4 Å². The van der Waals surface area contributed by atoms with E-state index < -0.39 is 0 Å². The monoisotopic (exact) mass is 329 g/mol. The highest BCUT2D eigenvalue weighted by atomic mass is 16.5. The minimum Gasteiger partial charge on any atom is -0.497 e. The van der Waals surface area contributed by atoms with Crippen LogP contribution < -0.4 is 4.74 Å². The van der Waals surface area contributed by atoms with Crippen LogP contribution >= 0.6 is 0 Å². The highest BCUT2D eigenvalue weighted by Crippen LogP contribution is 2.14. The number of rotatable bonds is 6. The summed E-state index contributed by atoms with van der Waals surface area (Å²) in [7, 11) is 1.70. The van der Waals surface area contributed by atoms with Crippen LogP contribution in [0, 0.1) is 13.8 Å². The maximum atomic E-state index is 5.94. The number of nitrogens with zero attached hydrogens (tertiary/aromatic N) is 3. The molecule has 3 rings (SSSR count). The maximum absolute atomic E-state index is 5.94. The molecule has 130 valence electrons. The van der Waals surface area contributed by atoms with Gasteiger partial charge in [-0.05, 0) is 44.0 Å². The SMILES string of the molecule is COc1ccc(CCN2CCO[C@H](Cn3nc(C)cc3C)C2)cc1.